The third-order valence-electron chi connectivity index (χ3n) is 3.65. The predicted octanol–water partition coefficient (Wildman–Crippen LogP) is 3.56. The van der Waals surface area contributed by atoms with Gasteiger partial charge in [-0.25, -0.2) is 4.39 Å². The Morgan fingerprint density at radius 2 is 1.64 bits per heavy atom. The van der Waals surface area contributed by atoms with Crippen molar-refractivity contribution in [1.82, 2.24) is 0 Å². The van der Waals surface area contributed by atoms with Gasteiger partial charge in [-0.1, -0.05) is 27.7 Å². The molecule has 0 saturated heterocycles. The third kappa shape index (κ3) is 1.57. The van der Waals surface area contributed by atoms with Crippen molar-refractivity contribution in [1.29, 1.82) is 0 Å². The summed E-state index contributed by atoms with van der Waals surface area (Å²) in [7, 11) is 0. The zero-order valence-electron chi connectivity index (χ0n) is 8.08. The van der Waals surface area contributed by atoms with Crippen LogP contribution in [-0.2, 0) is 0 Å². The van der Waals surface area contributed by atoms with E-state index in [0.29, 0.717) is 5.41 Å². The number of rotatable bonds is 0. The highest BCUT2D eigenvalue weighted by molar-refractivity contribution is 4.92. The summed E-state index contributed by atoms with van der Waals surface area (Å²) in [4.78, 5) is 0. The monoisotopic (exact) mass is 158 g/mol. The minimum atomic E-state index is -0.557. The first-order valence-electron chi connectivity index (χ1n) is 4.49. The van der Waals surface area contributed by atoms with Crippen LogP contribution in [0.4, 0.5) is 4.39 Å². The van der Waals surface area contributed by atoms with Crippen LogP contribution in [0, 0.1) is 10.8 Å². The summed E-state index contributed by atoms with van der Waals surface area (Å²) in [6.07, 6.45) is 1.97. The van der Waals surface area contributed by atoms with Gasteiger partial charge in [0.05, 0.1) is 0 Å². The van der Waals surface area contributed by atoms with Crippen molar-refractivity contribution in [3.8, 4) is 0 Å². The van der Waals surface area contributed by atoms with Gasteiger partial charge in [-0.2, -0.15) is 0 Å². The molecule has 1 heteroatoms. The Morgan fingerprint density at radius 1 is 1.09 bits per heavy atom. The van der Waals surface area contributed by atoms with E-state index in [2.05, 4.69) is 27.7 Å². The maximum atomic E-state index is 13.0. The fraction of sp³-hybridized carbons (Fsp3) is 1.00. The second-order valence-electron chi connectivity index (χ2n) is 5.11. The summed E-state index contributed by atoms with van der Waals surface area (Å²) in [5, 5.41) is 0. The molecule has 0 aliphatic heterocycles. The van der Waals surface area contributed by atoms with Gasteiger partial charge in [0, 0.05) is 0 Å². The first kappa shape index (κ1) is 9.02. The minimum Gasteiger partial charge on any atom is -0.247 e. The van der Waals surface area contributed by atoms with Crippen molar-refractivity contribution >= 4 is 0 Å². The molecule has 1 aliphatic carbocycles. The number of hydrogen-bond donors (Lipinski definition) is 0. The molecule has 1 fully saturated rings. The maximum Gasteiger partial charge on any atom is 0.101 e. The Labute approximate surface area is 69.2 Å². The van der Waals surface area contributed by atoms with Gasteiger partial charge in [0.25, 0.3) is 0 Å². The zero-order chi connectivity index (χ0) is 8.70. The Morgan fingerprint density at radius 3 is 2.00 bits per heavy atom. The fourth-order valence-electron chi connectivity index (χ4n) is 1.79. The minimum absolute atomic E-state index is 0.171. The molecule has 0 nitrogen and oxygen atoms in total. The van der Waals surface area contributed by atoms with Gasteiger partial charge >= 0.3 is 0 Å². The Balaban J connectivity index is 2.72. The molecule has 0 amide bonds. The van der Waals surface area contributed by atoms with Crippen LogP contribution in [0.1, 0.15) is 47.0 Å². The maximum absolute atomic E-state index is 13.0. The van der Waals surface area contributed by atoms with E-state index >= 15 is 0 Å². The van der Waals surface area contributed by atoms with Crippen molar-refractivity contribution in [3.05, 3.63) is 0 Å². The van der Waals surface area contributed by atoms with Crippen molar-refractivity contribution in [2.24, 2.45) is 10.8 Å². The summed E-state index contributed by atoms with van der Waals surface area (Å²) < 4.78 is 13.0. The van der Waals surface area contributed by atoms with Crippen LogP contribution >= 0.6 is 0 Å². The molecule has 0 radical (unpaired) electrons. The molecular formula is C10H19F. The molecule has 1 atom stereocenters. The normalized spacial score (nSPS) is 35.2. The molecule has 1 saturated carbocycles. The van der Waals surface area contributed by atoms with Gasteiger partial charge in [0.15, 0.2) is 0 Å². The van der Waals surface area contributed by atoms with Gasteiger partial charge in [-0.3, -0.25) is 0 Å². The van der Waals surface area contributed by atoms with E-state index in [1.54, 1.807) is 0 Å². The van der Waals surface area contributed by atoms with Crippen molar-refractivity contribution in [3.63, 3.8) is 0 Å². The van der Waals surface area contributed by atoms with E-state index in [9.17, 15) is 4.39 Å². The van der Waals surface area contributed by atoms with Crippen LogP contribution in [0.2, 0.25) is 0 Å². The Bertz CT molecular complexity index is 147. The number of halogens is 1. The average Bonchev–Trinajstić information content (AvgIpc) is 1.80. The molecule has 1 unspecified atom stereocenters. The van der Waals surface area contributed by atoms with Crippen LogP contribution < -0.4 is 0 Å². The summed E-state index contributed by atoms with van der Waals surface area (Å²) in [5.41, 5.74) is 0.486. The van der Waals surface area contributed by atoms with Gasteiger partial charge in [0.2, 0.25) is 0 Å². The molecule has 0 bridgehead atoms. The number of alkyl halides is 1. The molecule has 0 aromatic heterocycles. The lowest BCUT2D eigenvalue weighted by Gasteiger charge is -2.46. The van der Waals surface area contributed by atoms with Gasteiger partial charge in [-0.05, 0) is 30.1 Å². The fourth-order valence-corrected chi connectivity index (χ4v) is 1.79. The molecule has 0 aromatic rings. The lowest BCUT2D eigenvalue weighted by atomic mass is 9.59. The zero-order valence-corrected chi connectivity index (χ0v) is 8.08. The number of hydrogen-bond acceptors (Lipinski definition) is 0. The second kappa shape index (κ2) is 2.46. The topological polar surface area (TPSA) is 0 Å². The summed E-state index contributed by atoms with van der Waals surface area (Å²) in [6.45, 7) is 8.86. The molecule has 0 aromatic carbocycles. The molecule has 0 heterocycles. The molecule has 1 aliphatic rings. The lowest BCUT2D eigenvalue weighted by molar-refractivity contribution is 0.00783. The average molecular weight is 158 g/mol. The van der Waals surface area contributed by atoms with E-state index in [4.69, 9.17) is 0 Å². The molecule has 0 spiro atoms. The van der Waals surface area contributed by atoms with Crippen molar-refractivity contribution in [2.75, 3.05) is 0 Å². The predicted molar refractivity (Wildman–Crippen MR) is 46.3 cm³/mol. The van der Waals surface area contributed by atoms with Crippen molar-refractivity contribution in [2.45, 2.75) is 53.1 Å². The molecule has 1 rings (SSSR count). The van der Waals surface area contributed by atoms with Gasteiger partial charge in [-0.15, -0.1) is 0 Å². The Hall–Kier alpha value is -0.0700. The van der Waals surface area contributed by atoms with E-state index in [-0.39, 0.29) is 5.41 Å². The van der Waals surface area contributed by atoms with Crippen molar-refractivity contribution < 1.29 is 4.39 Å². The summed E-state index contributed by atoms with van der Waals surface area (Å²) >= 11 is 0. The molecule has 11 heavy (non-hydrogen) atoms. The van der Waals surface area contributed by atoms with Crippen LogP contribution in [0.25, 0.3) is 0 Å². The second-order valence-corrected chi connectivity index (χ2v) is 5.11. The van der Waals surface area contributed by atoms with Crippen LogP contribution in [0.5, 0.6) is 0 Å². The molecule has 0 N–H and O–H groups in total. The highest BCUT2D eigenvalue weighted by atomic mass is 19.1. The largest absolute Gasteiger partial charge is 0.247 e. The highest BCUT2D eigenvalue weighted by Crippen LogP contribution is 2.50. The summed E-state index contributed by atoms with van der Waals surface area (Å²) in [6, 6.07) is 0. The quantitative estimate of drug-likeness (QED) is 0.505. The third-order valence-corrected chi connectivity index (χ3v) is 3.65. The molecule has 66 valence electrons. The summed E-state index contributed by atoms with van der Waals surface area (Å²) in [5.74, 6) is 0. The van der Waals surface area contributed by atoms with Crippen LogP contribution in [0.15, 0.2) is 0 Å². The highest BCUT2D eigenvalue weighted by Gasteiger charge is 2.42. The van der Waals surface area contributed by atoms with E-state index < -0.39 is 6.17 Å². The van der Waals surface area contributed by atoms with Crippen LogP contribution in [0.3, 0.4) is 0 Å². The van der Waals surface area contributed by atoms with Crippen LogP contribution in [-0.4, -0.2) is 6.17 Å². The van der Waals surface area contributed by atoms with E-state index in [1.807, 2.05) is 0 Å². The first-order valence-corrected chi connectivity index (χ1v) is 4.49. The van der Waals surface area contributed by atoms with E-state index in [0.717, 1.165) is 19.3 Å². The SMILES string of the molecule is CC1(C)CCC(F)CC1(C)C. The van der Waals surface area contributed by atoms with E-state index in [1.165, 1.54) is 0 Å². The Kier molecular flexibility index (Phi) is 2.02. The van der Waals surface area contributed by atoms with Gasteiger partial charge in [0.1, 0.15) is 6.17 Å². The standard InChI is InChI=1S/C10H19F/c1-9(2)6-5-8(11)7-10(9,3)4/h8H,5-7H2,1-4H3. The molecular weight excluding hydrogens is 139 g/mol. The lowest BCUT2D eigenvalue weighted by Crippen LogP contribution is -2.39. The smallest absolute Gasteiger partial charge is 0.101 e. The first-order chi connectivity index (χ1) is 4.85. The van der Waals surface area contributed by atoms with Gasteiger partial charge < -0.3 is 0 Å².